The monoisotopic (exact) mass is 737 g/mol. The van der Waals surface area contributed by atoms with Crippen molar-refractivity contribution in [3.63, 3.8) is 0 Å². The molecule has 0 atom stereocenters. The number of hydrogen-bond donors (Lipinski definition) is 0. The molecule has 1 heterocycles. The lowest BCUT2D eigenvalue weighted by Gasteiger charge is -2.29. The highest BCUT2D eigenvalue weighted by Crippen LogP contribution is 2.47. The number of fused-ring (bicyclic) bond motifs is 11. The average molecular weight is 738 g/mol. The Bertz CT molecular complexity index is 3560. The Kier molecular flexibility index (Phi) is 7.26. The smallest absolute Gasteiger partial charge is 0.143 e. The van der Waals surface area contributed by atoms with Crippen LogP contribution in [0.1, 0.15) is 0 Å². The number of para-hydroxylation sites is 1. The van der Waals surface area contributed by atoms with E-state index in [-0.39, 0.29) is 0 Å². The molecule has 12 aromatic rings. The Hall–Kier alpha value is -7.68. The molecule has 0 bridgehead atoms. The Labute approximate surface area is 335 Å². The van der Waals surface area contributed by atoms with Gasteiger partial charge in [-0.2, -0.15) is 0 Å². The van der Waals surface area contributed by atoms with Gasteiger partial charge in [-0.05, 0) is 96.4 Å². The Morgan fingerprint density at radius 1 is 0.293 bits per heavy atom. The van der Waals surface area contributed by atoms with Crippen molar-refractivity contribution in [2.24, 2.45) is 0 Å². The molecule has 0 radical (unpaired) electrons. The summed E-state index contributed by atoms with van der Waals surface area (Å²) < 4.78 is 6.56. The molecule has 2 nitrogen and oxygen atoms in total. The maximum absolute atomic E-state index is 6.56. The number of benzene rings is 11. The Balaban J connectivity index is 1.03. The molecule has 0 aliphatic carbocycles. The van der Waals surface area contributed by atoms with Crippen LogP contribution in [0.25, 0.3) is 98.1 Å². The van der Waals surface area contributed by atoms with E-state index in [0.29, 0.717) is 0 Å². The molecule has 0 aliphatic rings. The largest absolute Gasteiger partial charge is 0.455 e. The van der Waals surface area contributed by atoms with Crippen LogP contribution in [0.5, 0.6) is 0 Å². The molecule has 11 aromatic carbocycles. The summed E-state index contributed by atoms with van der Waals surface area (Å²) in [6.45, 7) is 0. The average Bonchev–Trinajstić information content (AvgIpc) is 3.68. The maximum atomic E-state index is 6.56. The third kappa shape index (κ3) is 5.05. The SMILES string of the molecule is c1ccc2c(c1)cc(-c1ccc(-c3ccc(N(c4cc5ccccc5c5ccccc45)c4cc5c6ccccc6oc5c5ccccc45)cc3)cc1)c1ccccc12. The van der Waals surface area contributed by atoms with Crippen molar-refractivity contribution in [1.82, 2.24) is 0 Å². The van der Waals surface area contributed by atoms with Crippen molar-refractivity contribution in [2.75, 3.05) is 4.90 Å². The maximum Gasteiger partial charge on any atom is 0.143 e. The van der Waals surface area contributed by atoms with Crippen molar-refractivity contribution in [2.45, 2.75) is 0 Å². The van der Waals surface area contributed by atoms with Crippen LogP contribution in [0, 0.1) is 0 Å². The highest BCUT2D eigenvalue weighted by Gasteiger charge is 2.22. The number of anilines is 3. The van der Waals surface area contributed by atoms with Gasteiger partial charge in [0, 0.05) is 32.6 Å². The molecule has 1 aromatic heterocycles. The van der Waals surface area contributed by atoms with Gasteiger partial charge < -0.3 is 9.32 Å². The van der Waals surface area contributed by atoms with Crippen LogP contribution in [0.2, 0.25) is 0 Å². The molecule has 0 N–H and O–H groups in total. The zero-order valence-electron chi connectivity index (χ0n) is 31.6. The Morgan fingerprint density at radius 3 is 1.41 bits per heavy atom. The van der Waals surface area contributed by atoms with Crippen LogP contribution < -0.4 is 4.90 Å². The fourth-order valence-corrected chi connectivity index (χ4v) is 9.28. The second-order valence-corrected chi connectivity index (χ2v) is 15.2. The summed E-state index contributed by atoms with van der Waals surface area (Å²) in [6.07, 6.45) is 0. The number of nitrogens with zero attached hydrogens (tertiary/aromatic N) is 1. The number of rotatable bonds is 5. The lowest BCUT2D eigenvalue weighted by Crippen LogP contribution is -2.11. The molecule has 0 fully saturated rings. The van der Waals surface area contributed by atoms with E-state index in [1.165, 1.54) is 65.3 Å². The lowest BCUT2D eigenvalue weighted by molar-refractivity contribution is 0.672. The van der Waals surface area contributed by atoms with E-state index in [9.17, 15) is 0 Å². The molecule has 0 spiro atoms. The quantitative estimate of drug-likeness (QED) is 0.164. The molecule has 12 rings (SSSR count). The molecule has 0 amide bonds. The van der Waals surface area contributed by atoms with E-state index in [4.69, 9.17) is 4.42 Å². The van der Waals surface area contributed by atoms with Gasteiger partial charge in [0.05, 0.1) is 11.4 Å². The first kappa shape index (κ1) is 32.6. The van der Waals surface area contributed by atoms with Crippen LogP contribution in [0.3, 0.4) is 0 Å². The van der Waals surface area contributed by atoms with Gasteiger partial charge in [0.25, 0.3) is 0 Å². The molecule has 270 valence electrons. The molecule has 0 saturated carbocycles. The van der Waals surface area contributed by atoms with Crippen LogP contribution in [-0.2, 0) is 0 Å². The van der Waals surface area contributed by atoms with Gasteiger partial charge in [0.2, 0.25) is 0 Å². The normalized spacial score (nSPS) is 11.8. The molecule has 0 saturated heterocycles. The minimum atomic E-state index is 0.895. The predicted octanol–water partition coefficient (Wildman–Crippen LogP) is 16.2. The van der Waals surface area contributed by atoms with Gasteiger partial charge in [-0.1, -0.05) is 176 Å². The lowest BCUT2D eigenvalue weighted by atomic mass is 9.92. The van der Waals surface area contributed by atoms with Gasteiger partial charge in [0.1, 0.15) is 11.2 Å². The van der Waals surface area contributed by atoms with Crippen molar-refractivity contribution >= 4 is 92.9 Å². The van der Waals surface area contributed by atoms with Crippen LogP contribution in [0.4, 0.5) is 17.1 Å². The summed E-state index contributed by atoms with van der Waals surface area (Å²) in [6, 6.07) is 77.1. The highest BCUT2D eigenvalue weighted by atomic mass is 16.3. The second kappa shape index (κ2) is 12.9. The standard InChI is InChI=1S/C56H35NO/c1-3-15-42-39(13-1)33-51(46-19-6-5-17-44(42)46)38-27-25-36(26-28-38)37-29-31-41(32-30-37)57(53-34-40-14-2-4-16-43(40)45-18-7-8-20-47(45)53)54-35-52-49-22-11-12-24-55(49)58-56(52)50-23-10-9-21-48(50)54/h1-35H. The first-order valence-electron chi connectivity index (χ1n) is 19.9. The van der Waals surface area contributed by atoms with E-state index < -0.39 is 0 Å². The molecule has 2 heteroatoms. The first-order chi connectivity index (χ1) is 28.8. The van der Waals surface area contributed by atoms with Gasteiger partial charge in [-0.25, -0.2) is 0 Å². The van der Waals surface area contributed by atoms with Crippen molar-refractivity contribution in [3.8, 4) is 22.3 Å². The van der Waals surface area contributed by atoms with E-state index in [0.717, 1.165) is 49.8 Å². The summed E-state index contributed by atoms with van der Waals surface area (Å²) in [5.74, 6) is 0. The summed E-state index contributed by atoms with van der Waals surface area (Å²) in [5, 5.41) is 14.4. The van der Waals surface area contributed by atoms with E-state index in [1.54, 1.807) is 0 Å². The molecular formula is C56H35NO. The third-order valence-electron chi connectivity index (χ3n) is 12.0. The molecule has 58 heavy (non-hydrogen) atoms. The molecule has 0 aliphatic heterocycles. The first-order valence-corrected chi connectivity index (χ1v) is 19.9. The zero-order valence-corrected chi connectivity index (χ0v) is 31.6. The topological polar surface area (TPSA) is 16.4 Å². The highest BCUT2D eigenvalue weighted by molar-refractivity contribution is 6.21. The van der Waals surface area contributed by atoms with Crippen LogP contribution in [-0.4, -0.2) is 0 Å². The zero-order chi connectivity index (χ0) is 38.2. The fraction of sp³-hybridized carbons (Fsp3) is 0. The summed E-state index contributed by atoms with van der Waals surface area (Å²) in [4.78, 5) is 2.45. The van der Waals surface area contributed by atoms with E-state index in [1.807, 2.05) is 6.07 Å². The predicted molar refractivity (Wildman–Crippen MR) is 247 cm³/mol. The number of furan rings is 1. The van der Waals surface area contributed by atoms with Gasteiger partial charge in [-0.3, -0.25) is 0 Å². The summed E-state index contributed by atoms with van der Waals surface area (Å²) >= 11 is 0. The van der Waals surface area contributed by atoms with Crippen molar-refractivity contribution < 1.29 is 4.42 Å². The summed E-state index contributed by atoms with van der Waals surface area (Å²) in [7, 11) is 0. The van der Waals surface area contributed by atoms with Crippen molar-refractivity contribution in [1.29, 1.82) is 0 Å². The van der Waals surface area contributed by atoms with E-state index in [2.05, 4.69) is 211 Å². The van der Waals surface area contributed by atoms with Crippen LogP contribution >= 0.6 is 0 Å². The van der Waals surface area contributed by atoms with Gasteiger partial charge >= 0.3 is 0 Å². The second-order valence-electron chi connectivity index (χ2n) is 15.2. The van der Waals surface area contributed by atoms with Crippen LogP contribution in [0.15, 0.2) is 217 Å². The number of hydrogen-bond acceptors (Lipinski definition) is 2. The third-order valence-corrected chi connectivity index (χ3v) is 12.0. The van der Waals surface area contributed by atoms with Gasteiger partial charge in [-0.15, -0.1) is 0 Å². The van der Waals surface area contributed by atoms with Gasteiger partial charge in [0.15, 0.2) is 0 Å². The molecular weight excluding hydrogens is 703 g/mol. The Morgan fingerprint density at radius 2 is 0.741 bits per heavy atom. The minimum absolute atomic E-state index is 0.895. The van der Waals surface area contributed by atoms with E-state index >= 15 is 0 Å². The molecule has 0 unspecified atom stereocenters. The fourth-order valence-electron chi connectivity index (χ4n) is 9.28. The summed E-state index contributed by atoms with van der Waals surface area (Å²) in [5.41, 5.74) is 9.95. The van der Waals surface area contributed by atoms with Crippen molar-refractivity contribution in [3.05, 3.63) is 212 Å². The minimum Gasteiger partial charge on any atom is -0.455 e.